The second-order valence-corrected chi connectivity index (χ2v) is 4.58. The Labute approximate surface area is 121 Å². The Morgan fingerprint density at radius 2 is 2.00 bits per heavy atom. The second-order valence-electron chi connectivity index (χ2n) is 4.58. The molecule has 7 heteroatoms. The Morgan fingerprint density at radius 1 is 1.29 bits per heavy atom. The Kier molecular flexibility index (Phi) is 6.32. The highest BCUT2D eigenvalue weighted by Gasteiger charge is 2.11. The van der Waals surface area contributed by atoms with E-state index in [4.69, 9.17) is 0 Å². The monoisotopic (exact) mass is 296 g/mol. The maximum absolute atomic E-state index is 12.9. The maximum Gasteiger partial charge on any atom is 0.325 e. The van der Waals surface area contributed by atoms with Gasteiger partial charge in [0.25, 0.3) is 11.8 Å². The number of halogens is 1. The number of nitrogens with one attached hydrogen (secondary N) is 2. The standard InChI is InChI=1S/C14H17FN2O4/c1-9(2)17-12(18)8-21-13(19)7-16-14(20)10-4-3-5-11(15)6-10/h3-6,9H,7-8H2,1-2H3,(H,16,20)(H,17,18). The lowest BCUT2D eigenvalue weighted by Crippen LogP contribution is -2.36. The van der Waals surface area contributed by atoms with Crippen LogP contribution in [0.3, 0.4) is 0 Å². The zero-order valence-corrected chi connectivity index (χ0v) is 11.8. The number of carbonyl (C=O) groups is 3. The first-order valence-corrected chi connectivity index (χ1v) is 6.37. The van der Waals surface area contributed by atoms with Gasteiger partial charge >= 0.3 is 5.97 Å². The minimum absolute atomic E-state index is 0.0520. The van der Waals surface area contributed by atoms with Crippen molar-refractivity contribution in [1.29, 1.82) is 0 Å². The molecule has 0 unspecified atom stereocenters. The van der Waals surface area contributed by atoms with Crippen molar-refractivity contribution < 1.29 is 23.5 Å². The highest BCUT2D eigenvalue weighted by molar-refractivity contribution is 5.96. The number of hydrogen-bond acceptors (Lipinski definition) is 4. The number of carbonyl (C=O) groups excluding carboxylic acids is 3. The summed E-state index contributed by atoms with van der Waals surface area (Å²) in [4.78, 5) is 34.2. The molecule has 1 rings (SSSR count). The quantitative estimate of drug-likeness (QED) is 0.754. The van der Waals surface area contributed by atoms with Crippen molar-refractivity contribution in [3.05, 3.63) is 35.6 Å². The molecule has 1 aromatic rings. The molecule has 0 spiro atoms. The Balaban J connectivity index is 2.33. The molecule has 0 aliphatic heterocycles. The number of esters is 1. The van der Waals surface area contributed by atoms with E-state index in [1.165, 1.54) is 18.2 Å². The first-order chi connectivity index (χ1) is 9.88. The van der Waals surface area contributed by atoms with Gasteiger partial charge < -0.3 is 15.4 Å². The van der Waals surface area contributed by atoms with Gasteiger partial charge in [-0.3, -0.25) is 14.4 Å². The lowest BCUT2D eigenvalue weighted by atomic mass is 10.2. The Hall–Kier alpha value is -2.44. The highest BCUT2D eigenvalue weighted by atomic mass is 19.1. The predicted octanol–water partition coefficient (Wildman–Crippen LogP) is 0.623. The van der Waals surface area contributed by atoms with E-state index in [1.54, 1.807) is 13.8 Å². The first kappa shape index (κ1) is 16.6. The largest absolute Gasteiger partial charge is 0.454 e. The maximum atomic E-state index is 12.9. The van der Waals surface area contributed by atoms with Gasteiger partial charge in [0, 0.05) is 11.6 Å². The third-order valence-electron chi connectivity index (χ3n) is 2.29. The number of benzene rings is 1. The number of ether oxygens (including phenoxy) is 1. The van der Waals surface area contributed by atoms with Gasteiger partial charge in [-0.25, -0.2) is 4.39 Å². The molecule has 114 valence electrons. The fraction of sp³-hybridized carbons (Fsp3) is 0.357. The van der Waals surface area contributed by atoms with Crippen LogP contribution in [-0.2, 0) is 14.3 Å². The summed E-state index contributed by atoms with van der Waals surface area (Å²) >= 11 is 0. The van der Waals surface area contributed by atoms with Crippen LogP contribution in [0, 0.1) is 5.82 Å². The van der Waals surface area contributed by atoms with Gasteiger partial charge in [0.05, 0.1) is 0 Å². The van der Waals surface area contributed by atoms with Crippen LogP contribution < -0.4 is 10.6 Å². The zero-order chi connectivity index (χ0) is 15.8. The molecule has 0 aliphatic rings. The van der Waals surface area contributed by atoms with E-state index in [1.807, 2.05) is 0 Å². The SMILES string of the molecule is CC(C)NC(=O)COC(=O)CNC(=O)c1cccc(F)c1. The van der Waals surface area contributed by atoms with Gasteiger partial charge in [0.15, 0.2) is 6.61 Å². The number of rotatable bonds is 6. The van der Waals surface area contributed by atoms with Crippen LogP contribution in [0.15, 0.2) is 24.3 Å². The molecule has 0 bridgehead atoms. The molecule has 0 saturated heterocycles. The molecule has 6 nitrogen and oxygen atoms in total. The van der Waals surface area contributed by atoms with Gasteiger partial charge in [-0.05, 0) is 32.0 Å². The summed E-state index contributed by atoms with van der Waals surface area (Å²) in [6.45, 7) is 2.75. The van der Waals surface area contributed by atoms with Crippen molar-refractivity contribution in [2.75, 3.05) is 13.2 Å². The van der Waals surface area contributed by atoms with Gasteiger partial charge in [0.2, 0.25) is 0 Å². The van der Waals surface area contributed by atoms with E-state index < -0.39 is 36.8 Å². The van der Waals surface area contributed by atoms with E-state index in [-0.39, 0.29) is 11.6 Å². The number of amides is 2. The molecule has 0 radical (unpaired) electrons. The second kappa shape index (κ2) is 7.98. The van der Waals surface area contributed by atoms with E-state index in [0.717, 1.165) is 6.07 Å². The third kappa shape index (κ3) is 6.51. The van der Waals surface area contributed by atoms with Crippen molar-refractivity contribution in [3.8, 4) is 0 Å². The summed E-state index contributed by atoms with van der Waals surface area (Å²) in [5.74, 6) is -2.32. The summed E-state index contributed by atoms with van der Waals surface area (Å²) in [6, 6.07) is 5.01. The molecular weight excluding hydrogens is 279 g/mol. The van der Waals surface area contributed by atoms with Gasteiger partial charge in [0.1, 0.15) is 12.4 Å². The molecule has 0 saturated carbocycles. The molecule has 0 heterocycles. The van der Waals surface area contributed by atoms with Crippen LogP contribution in [0.25, 0.3) is 0 Å². The molecular formula is C14H17FN2O4. The van der Waals surface area contributed by atoms with E-state index in [2.05, 4.69) is 15.4 Å². The topological polar surface area (TPSA) is 84.5 Å². The summed E-state index contributed by atoms with van der Waals surface area (Å²) in [5.41, 5.74) is 0.0975. The molecule has 2 amide bonds. The van der Waals surface area contributed by atoms with Gasteiger partial charge in [-0.2, -0.15) is 0 Å². The van der Waals surface area contributed by atoms with Crippen molar-refractivity contribution >= 4 is 17.8 Å². The minimum atomic E-state index is -0.751. The average molecular weight is 296 g/mol. The normalized spacial score (nSPS) is 10.1. The van der Waals surface area contributed by atoms with Crippen LogP contribution in [0.1, 0.15) is 24.2 Å². The predicted molar refractivity (Wildman–Crippen MR) is 73.0 cm³/mol. The average Bonchev–Trinajstić information content (AvgIpc) is 2.41. The van der Waals surface area contributed by atoms with Crippen molar-refractivity contribution in [2.45, 2.75) is 19.9 Å². The fourth-order valence-electron chi connectivity index (χ4n) is 1.44. The van der Waals surface area contributed by atoms with Crippen LogP contribution in [-0.4, -0.2) is 37.0 Å². The summed E-state index contributed by atoms with van der Waals surface area (Å²) < 4.78 is 17.6. The van der Waals surface area contributed by atoms with Gasteiger partial charge in [-0.15, -0.1) is 0 Å². The fourth-order valence-corrected chi connectivity index (χ4v) is 1.44. The van der Waals surface area contributed by atoms with Crippen molar-refractivity contribution in [2.24, 2.45) is 0 Å². The smallest absolute Gasteiger partial charge is 0.325 e. The lowest BCUT2D eigenvalue weighted by molar-refractivity contribution is -0.147. The molecule has 2 N–H and O–H groups in total. The molecule has 0 aliphatic carbocycles. The summed E-state index contributed by atoms with van der Waals surface area (Å²) in [6.07, 6.45) is 0. The lowest BCUT2D eigenvalue weighted by Gasteiger charge is -2.09. The highest BCUT2D eigenvalue weighted by Crippen LogP contribution is 2.02. The van der Waals surface area contributed by atoms with Crippen LogP contribution >= 0.6 is 0 Å². The molecule has 1 aromatic carbocycles. The Bertz CT molecular complexity index is 531. The summed E-state index contributed by atoms with van der Waals surface area (Å²) in [7, 11) is 0. The van der Waals surface area contributed by atoms with Crippen molar-refractivity contribution in [3.63, 3.8) is 0 Å². The van der Waals surface area contributed by atoms with Crippen LogP contribution in [0.2, 0.25) is 0 Å². The van der Waals surface area contributed by atoms with Gasteiger partial charge in [-0.1, -0.05) is 6.07 Å². The molecule has 0 fully saturated rings. The molecule has 0 aromatic heterocycles. The zero-order valence-electron chi connectivity index (χ0n) is 11.8. The van der Waals surface area contributed by atoms with E-state index >= 15 is 0 Å². The van der Waals surface area contributed by atoms with E-state index in [9.17, 15) is 18.8 Å². The summed E-state index contributed by atoms with van der Waals surface area (Å²) in [5, 5.41) is 4.83. The van der Waals surface area contributed by atoms with E-state index in [0.29, 0.717) is 0 Å². The molecule has 21 heavy (non-hydrogen) atoms. The van der Waals surface area contributed by atoms with Crippen molar-refractivity contribution in [1.82, 2.24) is 10.6 Å². The van der Waals surface area contributed by atoms with Crippen LogP contribution in [0.4, 0.5) is 4.39 Å². The Morgan fingerprint density at radius 3 is 2.62 bits per heavy atom. The first-order valence-electron chi connectivity index (χ1n) is 6.37. The van der Waals surface area contributed by atoms with Crippen LogP contribution in [0.5, 0.6) is 0 Å². The molecule has 0 atom stereocenters. The number of hydrogen-bond donors (Lipinski definition) is 2. The minimum Gasteiger partial charge on any atom is -0.454 e. The third-order valence-corrected chi connectivity index (χ3v) is 2.29.